The number of nitrogens with zero attached hydrogens (tertiary/aromatic N) is 2. The summed E-state index contributed by atoms with van der Waals surface area (Å²) in [7, 11) is 5.09. The molecule has 0 aliphatic heterocycles. The lowest BCUT2D eigenvalue weighted by Gasteiger charge is -2.02. The largest absolute Gasteiger partial charge is 0.465 e. The second-order valence-corrected chi connectivity index (χ2v) is 6.02. The van der Waals surface area contributed by atoms with Gasteiger partial charge in [0.25, 0.3) is 0 Å². The molecule has 0 N–H and O–H groups in total. The van der Waals surface area contributed by atoms with Crippen molar-refractivity contribution in [1.29, 1.82) is 0 Å². The maximum absolute atomic E-state index is 11.9. The molecule has 0 spiro atoms. The minimum atomic E-state index is -0.390. The smallest absolute Gasteiger partial charge is 0.350 e. The van der Waals surface area contributed by atoms with E-state index in [9.17, 15) is 4.79 Å². The molecule has 0 radical (unpaired) electrons. The number of hydrogen-bond acceptors (Lipinski definition) is 4. The molecule has 1 heterocycles. The average Bonchev–Trinajstić information content (AvgIpc) is 2.88. The summed E-state index contributed by atoms with van der Waals surface area (Å²) in [6.07, 6.45) is 1.65. The molecule has 0 aliphatic rings. The first-order valence-corrected chi connectivity index (χ1v) is 7.39. The van der Waals surface area contributed by atoms with E-state index in [1.165, 1.54) is 18.4 Å². The van der Waals surface area contributed by atoms with Gasteiger partial charge in [0.05, 0.1) is 19.1 Å². The Morgan fingerprint density at radius 2 is 2.14 bits per heavy atom. The van der Waals surface area contributed by atoms with Gasteiger partial charge in [-0.3, -0.25) is 0 Å². The van der Waals surface area contributed by atoms with Crippen molar-refractivity contribution in [2.45, 2.75) is 0 Å². The summed E-state index contributed by atoms with van der Waals surface area (Å²) in [5.74, 6) is -0.390. The number of ether oxygens (including phenoxy) is 1. The van der Waals surface area contributed by atoms with Gasteiger partial charge in [0.15, 0.2) is 0 Å². The summed E-state index contributed by atoms with van der Waals surface area (Å²) in [6.45, 7) is 0. The number of thiophene rings is 1. The molecule has 1 aromatic heterocycles. The molecule has 4 nitrogen and oxygen atoms in total. The Bertz CT molecular complexity index is 680. The van der Waals surface area contributed by atoms with Crippen LogP contribution in [-0.4, -0.2) is 38.4 Å². The first kappa shape index (κ1) is 15.5. The highest BCUT2D eigenvalue weighted by Gasteiger charge is 2.17. The molecular formula is C15H15ClN2O2S. The van der Waals surface area contributed by atoms with Gasteiger partial charge in [0.1, 0.15) is 4.88 Å². The Labute approximate surface area is 132 Å². The summed E-state index contributed by atoms with van der Waals surface area (Å²) < 4.78 is 4.81. The van der Waals surface area contributed by atoms with Gasteiger partial charge in [-0.2, -0.15) is 0 Å². The van der Waals surface area contributed by atoms with Gasteiger partial charge in [0.2, 0.25) is 0 Å². The standard InChI is InChI=1S/C15H15ClN2O2S/c1-18(2)9-17-12-8-13(21-14(12)15(19)20-3)10-5-4-6-11(16)7-10/h4-9H,1-3H3. The van der Waals surface area contributed by atoms with Gasteiger partial charge >= 0.3 is 5.97 Å². The van der Waals surface area contributed by atoms with Crippen LogP contribution in [0.3, 0.4) is 0 Å². The van der Waals surface area contributed by atoms with Crippen LogP contribution in [-0.2, 0) is 4.74 Å². The molecule has 2 aromatic rings. The van der Waals surface area contributed by atoms with Gasteiger partial charge in [-0.05, 0) is 23.8 Å². The molecule has 0 unspecified atom stereocenters. The summed E-state index contributed by atoms with van der Waals surface area (Å²) in [5.41, 5.74) is 1.54. The zero-order valence-corrected chi connectivity index (χ0v) is 13.5. The van der Waals surface area contributed by atoms with Crippen LogP contribution in [0.25, 0.3) is 10.4 Å². The molecule has 0 aliphatic carbocycles. The van der Waals surface area contributed by atoms with Crippen LogP contribution in [0.4, 0.5) is 5.69 Å². The SMILES string of the molecule is COC(=O)c1sc(-c2cccc(Cl)c2)cc1N=CN(C)C. The number of hydrogen-bond donors (Lipinski definition) is 0. The summed E-state index contributed by atoms with van der Waals surface area (Å²) >= 11 is 7.35. The number of methoxy groups -OCH3 is 1. The fraction of sp³-hybridized carbons (Fsp3) is 0.200. The van der Waals surface area contributed by atoms with Crippen LogP contribution in [0.1, 0.15) is 9.67 Å². The third-order valence-corrected chi connectivity index (χ3v) is 4.01. The van der Waals surface area contributed by atoms with E-state index < -0.39 is 0 Å². The van der Waals surface area contributed by atoms with Gasteiger partial charge in [0, 0.05) is 24.0 Å². The molecule has 0 fully saturated rings. The van der Waals surface area contributed by atoms with E-state index in [1.54, 1.807) is 11.2 Å². The molecule has 0 bridgehead atoms. The van der Waals surface area contributed by atoms with E-state index in [2.05, 4.69) is 4.99 Å². The molecule has 2 rings (SSSR count). The third-order valence-electron chi connectivity index (χ3n) is 2.62. The zero-order valence-electron chi connectivity index (χ0n) is 12.0. The maximum atomic E-state index is 11.9. The minimum Gasteiger partial charge on any atom is -0.465 e. The Morgan fingerprint density at radius 3 is 2.76 bits per heavy atom. The van der Waals surface area contributed by atoms with Crippen LogP contribution in [0, 0.1) is 0 Å². The van der Waals surface area contributed by atoms with Crippen molar-refractivity contribution in [3.8, 4) is 10.4 Å². The van der Waals surface area contributed by atoms with Gasteiger partial charge in [-0.1, -0.05) is 23.7 Å². The van der Waals surface area contributed by atoms with Crippen LogP contribution < -0.4 is 0 Å². The Kier molecular flexibility index (Phi) is 4.98. The number of aliphatic imine (C=N–C) groups is 1. The monoisotopic (exact) mass is 322 g/mol. The second-order valence-electron chi connectivity index (χ2n) is 4.54. The van der Waals surface area contributed by atoms with Gasteiger partial charge < -0.3 is 9.64 Å². The highest BCUT2D eigenvalue weighted by atomic mass is 35.5. The summed E-state index contributed by atoms with van der Waals surface area (Å²) in [4.78, 5) is 19.4. The van der Waals surface area contributed by atoms with Crippen LogP contribution >= 0.6 is 22.9 Å². The van der Waals surface area contributed by atoms with E-state index in [0.717, 1.165) is 10.4 Å². The molecular weight excluding hydrogens is 308 g/mol. The van der Waals surface area contributed by atoms with Gasteiger partial charge in [-0.15, -0.1) is 11.3 Å². The van der Waals surface area contributed by atoms with E-state index in [4.69, 9.17) is 16.3 Å². The van der Waals surface area contributed by atoms with E-state index in [0.29, 0.717) is 15.6 Å². The number of esters is 1. The highest BCUT2D eigenvalue weighted by Crippen LogP contribution is 2.37. The number of rotatable bonds is 4. The van der Waals surface area contributed by atoms with Crippen molar-refractivity contribution in [3.05, 3.63) is 40.2 Å². The predicted molar refractivity (Wildman–Crippen MR) is 87.9 cm³/mol. The Hall–Kier alpha value is -1.85. The van der Waals surface area contributed by atoms with E-state index >= 15 is 0 Å². The fourth-order valence-electron chi connectivity index (χ4n) is 1.68. The molecule has 1 aromatic carbocycles. The van der Waals surface area contributed by atoms with Crippen molar-refractivity contribution in [3.63, 3.8) is 0 Å². The van der Waals surface area contributed by atoms with Crippen LogP contribution in [0.15, 0.2) is 35.3 Å². The first-order chi connectivity index (χ1) is 10.0. The summed E-state index contributed by atoms with van der Waals surface area (Å²) in [5, 5.41) is 0.652. The Morgan fingerprint density at radius 1 is 1.38 bits per heavy atom. The molecule has 6 heteroatoms. The van der Waals surface area contributed by atoms with Crippen LogP contribution in [0.2, 0.25) is 5.02 Å². The first-order valence-electron chi connectivity index (χ1n) is 6.20. The molecule has 0 amide bonds. The normalized spacial score (nSPS) is 10.9. The van der Waals surface area contributed by atoms with Crippen LogP contribution in [0.5, 0.6) is 0 Å². The molecule has 110 valence electrons. The highest BCUT2D eigenvalue weighted by molar-refractivity contribution is 7.18. The quantitative estimate of drug-likeness (QED) is 0.484. The van der Waals surface area contributed by atoms with Crippen molar-refractivity contribution >= 4 is 40.9 Å². The van der Waals surface area contributed by atoms with E-state index in [1.807, 2.05) is 44.4 Å². The zero-order chi connectivity index (χ0) is 15.4. The molecule has 0 saturated heterocycles. The lowest BCUT2D eigenvalue weighted by atomic mass is 10.2. The topological polar surface area (TPSA) is 41.9 Å². The lowest BCUT2D eigenvalue weighted by molar-refractivity contribution is 0.0607. The number of halogens is 1. The molecule has 21 heavy (non-hydrogen) atoms. The van der Waals surface area contributed by atoms with Gasteiger partial charge in [-0.25, -0.2) is 9.79 Å². The molecule has 0 saturated carbocycles. The van der Waals surface area contributed by atoms with E-state index in [-0.39, 0.29) is 5.97 Å². The number of carbonyl (C=O) groups is 1. The maximum Gasteiger partial charge on any atom is 0.350 e. The predicted octanol–water partition coefficient (Wildman–Crippen LogP) is 4.08. The fourth-order valence-corrected chi connectivity index (χ4v) is 2.89. The minimum absolute atomic E-state index is 0.390. The summed E-state index contributed by atoms with van der Waals surface area (Å²) in [6, 6.07) is 9.34. The van der Waals surface area contributed by atoms with Crippen molar-refractivity contribution < 1.29 is 9.53 Å². The van der Waals surface area contributed by atoms with Crippen molar-refractivity contribution in [2.75, 3.05) is 21.2 Å². The average molecular weight is 323 g/mol. The Balaban J connectivity index is 2.47. The molecule has 0 atom stereocenters. The second kappa shape index (κ2) is 6.74. The number of benzene rings is 1. The third kappa shape index (κ3) is 3.83. The van der Waals surface area contributed by atoms with Crippen molar-refractivity contribution in [2.24, 2.45) is 4.99 Å². The van der Waals surface area contributed by atoms with Crippen molar-refractivity contribution in [1.82, 2.24) is 4.90 Å². The number of carbonyl (C=O) groups excluding carboxylic acids is 1. The lowest BCUT2D eigenvalue weighted by Crippen LogP contribution is -2.07.